The third-order valence-corrected chi connectivity index (χ3v) is 2.96. The molecule has 0 aromatic carbocycles. The van der Waals surface area contributed by atoms with Crippen LogP contribution in [0.25, 0.3) is 5.65 Å². The van der Waals surface area contributed by atoms with Crippen LogP contribution in [0, 0.1) is 12.8 Å². The second kappa shape index (κ2) is 5.26. The second-order valence-electron chi connectivity index (χ2n) is 4.76. The minimum absolute atomic E-state index is 0.0835. The van der Waals surface area contributed by atoms with E-state index >= 15 is 0 Å². The van der Waals surface area contributed by atoms with Crippen molar-refractivity contribution >= 4 is 17.6 Å². The number of esters is 1. The third kappa shape index (κ3) is 2.67. The van der Waals surface area contributed by atoms with Crippen molar-refractivity contribution in [2.24, 2.45) is 5.92 Å². The Balaban J connectivity index is 2.29. The van der Waals surface area contributed by atoms with Crippen LogP contribution in [0.2, 0.25) is 0 Å². The predicted octanol–water partition coefficient (Wildman–Crippen LogP) is 1.65. The highest BCUT2D eigenvalue weighted by molar-refractivity contribution is 5.78. The monoisotopic (exact) mass is 262 g/mol. The Hall–Kier alpha value is -2.11. The normalized spacial score (nSPS) is 12.7. The van der Waals surface area contributed by atoms with E-state index in [1.165, 1.54) is 7.11 Å². The molecule has 0 amide bonds. The van der Waals surface area contributed by atoms with E-state index < -0.39 is 6.04 Å². The van der Waals surface area contributed by atoms with Crippen LogP contribution >= 0.6 is 0 Å². The lowest BCUT2D eigenvalue weighted by Gasteiger charge is -2.18. The molecule has 0 fully saturated rings. The maximum Gasteiger partial charge on any atom is 0.328 e. The maximum atomic E-state index is 11.7. The molecule has 1 N–H and O–H groups in total. The van der Waals surface area contributed by atoms with Crippen LogP contribution < -0.4 is 5.32 Å². The van der Waals surface area contributed by atoms with Crippen LogP contribution in [0.1, 0.15) is 19.5 Å². The van der Waals surface area contributed by atoms with E-state index in [4.69, 9.17) is 4.74 Å². The van der Waals surface area contributed by atoms with Crippen molar-refractivity contribution in [2.45, 2.75) is 26.8 Å². The Labute approximate surface area is 111 Å². The summed E-state index contributed by atoms with van der Waals surface area (Å²) in [6.45, 7) is 5.83. The highest BCUT2D eigenvalue weighted by Crippen LogP contribution is 2.13. The fourth-order valence-corrected chi connectivity index (χ4v) is 1.86. The highest BCUT2D eigenvalue weighted by Gasteiger charge is 2.24. The molecule has 2 heterocycles. The summed E-state index contributed by atoms with van der Waals surface area (Å²) in [5.74, 6) is 0.198. The Kier molecular flexibility index (Phi) is 3.69. The maximum absolute atomic E-state index is 11.7. The number of aryl methyl sites for hydroxylation is 1. The molecule has 0 aliphatic rings. The summed E-state index contributed by atoms with van der Waals surface area (Å²) in [4.78, 5) is 16.0. The molecule has 0 spiro atoms. The molecule has 0 bridgehead atoms. The van der Waals surface area contributed by atoms with Gasteiger partial charge in [0.15, 0.2) is 5.65 Å². The van der Waals surface area contributed by atoms with E-state index in [9.17, 15) is 4.79 Å². The third-order valence-electron chi connectivity index (χ3n) is 2.96. The van der Waals surface area contributed by atoms with Crippen LogP contribution in [-0.4, -0.2) is 33.7 Å². The number of fused-ring (bicyclic) bond motifs is 1. The number of carbonyl (C=O) groups is 1. The van der Waals surface area contributed by atoms with Gasteiger partial charge in [0, 0.05) is 5.69 Å². The fraction of sp³-hybridized carbons (Fsp3) is 0.462. The van der Waals surface area contributed by atoms with Crippen molar-refractivity contribution in [2.75, 3.05) is 12.4 Å². The minimum Gasteiger partial charge on any atom is -0.467 e. The molecule has 0 saturated carbocycles. The zero-order chi connectivity index (χ0) is 14.0. The smallest absolute Gasteiger partial charge is 0.328 e. The summed E-state index contributed by atoms with van der Waals surface area (Å²) in [7, 11) is 1.38. The number of hydrogen-bond acceptors (Lipinski definition) is 5. The van der Waals surface area contributed by atoms with Gasteiger partial charge in [-0.05, 0) is 25.0 Å². The van der Waals surface area contributed by atoms with Crippen molar-refractivity contribution in [3.8, 4) is 0 Å². The lowest BCUT2D eigenvalue weighted by molar-refractivity contribution is -0.142. The summed E-state index contributed by atoms with van der Waals surface area (Å²) in [6, 6.07) is 5.28. The van der Waals surface area contributed by atoms with E-state index in [2.05, 4.69) is 15.4 Å². The molecule has 6 nitrogen and oxygen atoms in total. The average Bonchev–Trinajstić information content (AvgIpc) is 2.79. The Morgan fingerprint density at radius 1 is 1.42 bits per heavy atom. The Morgan fingerprint density at radius 3 is 2.74 bits per heavy atom. The first-order valence-corrected chi connectivity index (χ1v) is 6.19. The summed E-state index contributed by atoms with van der Waals surface area (Å²) in [5.41, 5.74) is 1.73. The fourth-order valence-electron chi connectivity index (χ4n) is 1.86. The molecule has 0 saturated heterocycles. The van der Waals surface area contributed by atoms with Gasteiger partial charge in [-0.2, -0.15) is 4.98 Å². The van der Waals surface area contributed by atoms with E-state index in [1.807, 2.05) is 39.0 Å². The molecule has 2 aromatic rings. The average molecular weight is 262 g/mol. The molecule has 0 radical (unpaired) electrons. The Morgan fingerprint density at radius 2 is 2.16 bits per heavy atom. The van der Waals surface area contributed by atoms with Crippen LogP contribution in [0.5, 0.6) is 0 Å². The molecule has 2 rings (SSSR count). The first kappa shape index (κ1) is 13.3. The number of pyridine rings is 1. The molecule has 1 atom stereocenters. The van der Waals surface area contributed by atoms with Gasteiger partial charge < -0.3 is 10.1 Å². The molecule has 19 heavy (non-hydrogen) atoms. The van der Waals surface area contributed by atoms with Gasteiger partial charge in [-0.3, -0.25) is 0 Å². The molecular weight excluding hydrogens is 244 g/mol. The van der Waals surface area contributed by atoms with Gasteiger partial charge in [-0.25, -0.2) is 9.31 Å². The van der Waals surface area contributed by atoms with E-state index in [-0.39, 0.29) is 11.9 Å². The number of hydrogen-bond donors (Lipinski definition) is 1. The molecule has 6 heteroatoms. The van der Waals surface area contributed by atoms with Crippen molar-refractivity contribution in [1.82, 2.24) is 14.6 Å². The van der Waals surface area contributed by atoms with Crippen molar-refractivity contribution in [1.29, 1.82) is 0 Å². The van der Waals surface area contributed by atoms with Gasteiger partial charge >= 0.3 is 5.97 Å². The van der Waals surface area contributed by atoms with Crippen LogP contribution in [0.4, 0.5) is 5.95 Å². The van der Waals surface area contributed by atoms with Crippen molar-refractivity contribution in [3.05, 3.63) is 23.9 Å². The number of nitrogens with zero attached hydrogens (tertiary/aromatic N) is 3. The van der Waals surface area contributed by atoms with Crippen molar-refractivity contribution in [3.63, 3.8) is 0 Å². The highest BCUT2D eigenvalue weighted by atomic mass is 16.5. The quantitative estimate of drug-likeness (QED) is 0.848. The van der Waals surface area contributed by atoms with Crippen molar-refractivity contribution < 1.29 is 9.53 Å². The number of nitrogens with one attached hydrogen (secondary N) is 1. The van der Waals surface area contributed by atoms with Gasteiger partial charge in [0.05, 0.1) is 7.11 Å². The number of aromatic nitrogens is 3. The van der Waals surface area contributed by atoms with Gasteiger partial charge in [-0.15, -0.1) is 5.10 Å². The number of carbonyl (C=O) groups excluding carboxylic acids is 1. The number of rotatable bonds is 4. The van der Waals surface area contributed by atoms with E-state index in [1.54, 1.807) is 4.52 Å². The number of methoxy groups -OCH3 is 1. The van der Waals surface area contributed by atoms with Crippen LogP contribution in [0.3, 0.4) is 0 Å². The molecule has 102 valence electrons. The minimum atomic E-state index is -0.456. The molecule has 1 unspecified atom stereocenters. The molecular formula is C13H18N4O2. The molecule has 0 aliphatic heterocycles. The van der Waals surface area contributed by atoms with Gasteiger partial charge in [0.25, 0.3) is 0 Å². The lowest BCUT2D eigenvalue weighted by Crippen LogP contribution is -2.35. The predicted molar refractivity (Wildman–Crippen MR) is 72.0 cm³/mol. The van der Waals surface area contributed by atoms with Gasteiger partial charge in [0.1, 0.15) is 6.04 Å². The van der Waals surface area contributed by atoms with E-state index in [0.29, 0.717) is 5.95 Å². The first-order chi connectivity index (χ1) is 9.02. The van der Waals surface area contributed by atoms with Gasteiger partial charge in [-0.1, -0.05) is 19.9 Å². The Bertz CT molecular complexity index is 591. The summed E-state index contributed by atoms with van der Waals surface area (Å²) < 4.78 is 6.51. The summed E-state index contributed by atoms with van der Waals surface area (Å²) in [5, 5.41) is 7.37. The molecule has 0 aliphatic carbocycles. The van der Waals surface area contributed by atoms with Crippen LogP contribution in [0.15, 0.2) is 18.2 Å². The summed E-state index contributed by atoms with van der Waals surface area (Å²) in [6.07, 6.45) is 0. The zero-order valence-corrected chi connectivity index (χ0v) is 11.5. The first-order valence-electron chi connectivity index (χ1n) is 6.19. The topological polar surface area (TPSA) is 68.5 Å². The second-order valence-corrected chi connectivity index (χ2v) is 4.76. The van der Waals surface area contributed by atoms with E-state index in [0.717, 1.165) is 11.3 Å². The standard InChI is InChI=1S/C13H18N4O2/c1-8(2)11(12(18)19-4)15-13-14-10-7-5-6-9(3)17(10)16-13/h5-8,11H,1-4H3,(H,15,16). The summed E-state index contributed by atoms with van der Waals surface area (Å²) >= 11 is 0. The largest absolute Gasteiger partial charge is 0.467 e. The number of ether oxygens (including phenoxy) is 1. The van der Waals surface area contributed by atoms with Crippen LogP contribution in [-0.2, 0) is 9.53 Å². The lowest BCUT2D eigenvalue weighted by atomic mass is 10.1. The van der Waals surface area contributed by atoms with Gasteiger partial charge in [0.2, 0.25) is 5.95 Å². The number of anilines is 1. The SMILES string of the molecule is COC(=O)C(Nc1nc2cccc(C)n2n1)C(C)C. The molecule has 2 aromatic heterocycles. The zero-order valence-electron chi connectivity index (χ0n) is 11.5.